The monoisotopic (exact) mass is 395 g/mol. The standard InChI is InChI=1S/C21H25N5O3/c1-21(2)10-13(12-29-21)11-28-20-15-7-6-14(9-17(15)26(3)25-20)24-19(27)18-16(22)5-4-8-23-18/h4-9,13H,10-12,22H2,1-3H3,(H,24,27). The topological polar surface area (TPSA) is 104 Å². The number of rotatable bonds is 5. The number of nitrogens with one attached hydrogen (secondary N) is 1. The molecule has 1 fully saturated rings. The molecule has 1 aliphatic rings. The molecule has 1 aliphatic heterocycles. The average molecular weight is 395 g/mol. The molecule has 1 amide bonds. The number of aromatic nitrogens is 3. The molecule has 8 heteroatoms. The molecule has 1 saturated heterocycles. The molecular formula is C21H25N5O3. The van der Waals surface area contributed by atoms with Crippen LogP contribution >= 0.6 is 0 Å². The van der Waals surface area contributed by atoms with E-state index in [0.29, 0.717) is 36.4 Å². The van der Waals surface area contributed by atoms with Gasteiger partial charge in [-0.2, -0.15) is 0 Å². The first-order valence-corrected chi connectivity index (χ1v) is 9.58. The molecule has 8 nitrogen and oxygen atoms in total. The molecule has 0 bridgehead atoms. The van der Waals surface area contributed by atoms with E-state index in [4.69, 9.17) is 15.2 Å². The van der Waals surface area contributed by atoms with Crippen LogP contribution in [-0.4, -0.2) is 39.5 Å². The van der Waals surface area contributed by atoms with Gasteiger partial charge in [-0.15, -0.1) is 5.10 Å². The molecule has 29 heavy (non-hydrogen) atoms. The summed E-state index contributed by atoms with van der Waals surface area (Å²) >= 11 is 0. The van der Waals surface area contributed by atoms with Crippen molar-refractivity contribution in [3.05, 3.63) is 42.2 Å². The lowest BCUT2D eigenvalue weighted by molar-refractivity contribution is 0.0340. The van der Waals surface area contributed by atoms with Crippen LogP contribution in [0.5, 0.6) is 5.88 Å². The molecule has 0 radical (unpaired) electrons. The number of benzene rings is 1. The molecule has 1 aromatic carbocycles. The summed E-state index contributed by atoms with van der Waals surface area (Å²) in [6.45, 7) is 5.45. The molecule has 3 N–H and O–H groups in total. The fourth-order valence-electron chi connectivity index (χ4n) is 3.67. The van der Waals surface area contributed by atoms with Crippen LogP contribution in [0.4, 0.5) is 11.4 Å². The van der Waals surface area contributed by atoms with E-state index in [-0.39, 0.29) is 17.2 Å². The summed E-state index contributed by atoms with van der Waals surface area (Å²) in [6, 6.07) is 8.90. The normalized spacial score (nSPS) is 18.1. The van der Waals surface area contributed by atoms with Crippen molar-refractivity contribution >= 4 is 28.2 Å². The Morgan fingerprint density at radius 1 is 1.41 bits per heavy atom. The van der Waals surface area contributed by atoms with E-state index in [1.807, 2.05) is 25.2 Å². The van der Waals surface area contributed by atoms with E-state index < -0.39 is 0 Å². The lowest BCUT2D eigenvalue weighted by atomic mass is 9.99. The Morgan fingerprint density at radius 2 is 2.24 bits per heavy atom. The Bertz CT molecular complexity index is 1060. The maximum atomic E-state index is 12.5. The molecule has 4 rings (SSSR count). The zero-order valence-corrected chi connectivity index (χ0v) is 16.8. The highest BCUT2D eigenvalue weighted by atomic mass is 16.5. The number of amides is 1. The van der Waals surface area contributed by atoms with Gasteiger partial charge >= 0.3 is 0 Å². The largest absolute Gasteiger partial charge is 0.476 e. The van der Waals surface area contributed by atoms with Crippen molar-refractivity contribution in [2.75, 3.05) is 24.3 Å². The van der Waals surface area contributed by atoms with Gasteiger partial charge in [-0.3, -0.25) is 9.48 Å². The minimum absolute atomic E-state index is 0.0929. The third kappa shape index (κ3) is 4.02. The highest BCUT2D eigenvalue weighted by Crippen LogP contribution is 2.31. The first-order chi connectivity index (χ1) is 13.8. The van der Waals surface area contributed by atoms with Gasteiger partial charge in [-0.1, -0.05) is 0 Å². The van der Waals surface area contributed by atoms with Crippen LogP contribution in [0.1, 0.15) is 30.8 Å². The molecule has 1 atom stereocenters. The summed E-state index contributed by atoms with van der Waals surface area (Å²) in [5.41, 5.74) is 7.76. The summed E-state index contributed by atoms with van der Waals surface area (Å²) in [7, 11) is 1.85. The van der Waals surface area contributed by atoms with Gasteiger partial charge in [0, 0.05) is 24.8 Å². The molecule has 1 unspecified atom stereocenters. The second-order valence-corrected chi connectivity index (χ2v) is 8.01. The molecule has 0 saturated carbocycles. The van der Waals surface area contributed by atoms with Crippen LogP contribution in [0.2, 0.25) is 0 Å². The fraction of sp³-hybridized carbons (Fsp3) is 0.381. The van der Waals surface area contributed by atoms with Crippen molar-refractivity contribution in [1.82, 2.24) is 14.8 Å². The van der Waals surface area contributed by atoms with Gasteiger partial charge in [0.1, 0.15) is 0 Å². The number of fused-ring (bicyclic) bond motifs is 1. The fourth-order valence-corrected chi connectivity index (χ4v) is 3.67. The molecule has 3 heterocycles. The van der Waals surface area contributed by atoms with E-state index in [0.717, 1.165) is 17.3 Å². The van der Waals surface area contributed by atoms with Gasteiger partial charge in [-0.05, 0) is 50.6 Å². The maximum Gasteiger partial charge on any atom is 0.276 e. The second-order valence-electron chi connectivity index (χ2n) is 8.01. The number of nitrogens with two attached hydrogens (primary N) is 1. The number of anilines is 2. The summed E-state index contributed by atoms with van der Waals surface area (Å²) in [5.74, 6) is 0.577. The quantitative estimate of drug-likeness (QED) is 0.688. The van der Waals surface area contributed by atoms with Crippen molar-refractivity contribution in [2.24, 2.45) is 13.0 Å². The van der Waals surface area contributed by atoms with Crippen molar-refractivity contribution < 1.29 is 14.3 Å². The van der Waals surface area contributed by atoms with Gasteiger partial charge in [-0.25, -0.2) is 4.98 Å². The molecule has 152 valence electrons. The SMILES string of the molecule is Cn1nc(OCC2COC(C)(C)C2)c2ccc(NC(=O)c3ncccc3N)cc21. The van der Waals surface area contributed by atoms with Crippen LogP contribution in [0, 0.1) is 5.92 Å². The Labute approximate surface area is 169 Å². The summed E-state index contributed by atoms with van der Waals surface area (Å²) in [5, 5.41) is 8.21. The number of aryl methyl sites for hydroxylation is 1. The lowest BCUT2D eigenvalue weighted by Gasteiger charge is -2.15. The van der Waals surface area contributed by atoms with Gasteiger partial charge in [0.15, 0.2) is 5.69 Å². The van der Waals surface area contributed by atoms with Crippen LogP contribution < -0.4 is 15.8 Å². The minimum atomic E-state index is -0.357. The number of hydrogen-bond acceptors (Lipinski definition) is 6. The van der Waals surface area contributed by atoms with Crippen LogP contribution in [0.15, 0.2) is 36.5 Å². The van der Waals surface area contributed by atoms with Gasteiger partial charge in [0.2, 0.25) is 5.88 Å². The molecule has 3 aromatic rings. The van der Waals surface area contributed by atoms with Crippen molar-refractivity contribution in [2.45, 2.75) is 25.9 Å². The van der Waals surface area contributed by atoms with Crippen LogP contribution in [-0.2, 0) is 11.8 Å². The second kappa shape index (κ2) is 7.36. The maximum absolute atomic E-state index is 12.5. The van der Waals surface area contributed by atoms with E-state index in [1.54, 1.807) is 16.8 Å². The van der Waals surface area contributed by atoms with E-state index in [1.165, 1.54) is 6.20 Å². The van der Waals surface area contributed by atoms with Crippen molar-refractivity contribution in [3.8, 4) is 5.88 Å². The zero-order valence-electron chi connectivity index (χ0n) is 16.8. The Kier molecular flexibility index (Phi) is 4.87. The summed E-state index contributed by atoms with van der Waals surface area (Å²) in [4.78, 5) is 16.5. The number of hydrogen-bond donors (Lipinski definition) is 2. The summed E-state index contributed by atoms with van der Waals surface area (Å²) in [6.07, 6.45) is 2.50. The lowest BCUT2D eigenvalue weighted by Crippen LogP contribution is -2.18. The van der Waals surface area contributed by atoms with E-state index in [9.17, 15) is 4.79 Å². The molecule has 0 spiro atoms. The number of nitrogen functional groups attached to an aromatic ring is 1. The van der Waals surface area contributed by atoms with Crippen LogP contribution in [0.25, 0.3) is 10.9 Å². The number of nitrogens with zero attached hydrogens (tertiary/aromatic N) is 3. The van der Waals surface area contributed by atoms with Gasteiger partial charge < -0.3 is 20.5 Å². The Morgan fingerprint density at radius 3 is 2.97 bits per heavy atom. The smallest absolute Gasteiger partial charge is 0.276 e. The van der Waals surface area contributed by atoms with Gasteiger partial charge in [0.25, 0.3) is 5.91 Å². The first kappa shape index (κ1) is 19.2. The van der Waals surface area contributed by atoms with Gasteiger partial charge in [0.05, 0.1) is 35.4 Å². The Hall–Kier alpha value is -3.13. The number of carbonyl (C=O) groups excluding carboxylic acids is 1. The molecule has 0 aliphatic carbocycles. The molecular weight excluding hydrogens is 370 g/mol. The number of pyridine rings is 1. The highest BCUT2D eigenvalue weighted by molar-refractivity contribution is 6.06. The van der Waals surface area contributed by atoms with Crippen molar-refractivity contribution in [3.63, 3.8) is 0 Å². The number of carbonyl (C=O) groups is 1. The molecule has 2 aromatic heterocycles. The van der Waals surface area contributed by atoms with E-state index >= 15 is 0 Å². The number of ether oxygens (including phenoxy) is 2. The third-order valence-electron chi connectivity index (χ3n) is 5.08. The van der Waals surface area contributed by atoms with E-state index in [2.05, 4.69) is 29.2 Å². The highest BCUT2D eigenvalue weighted by Gasteiger charge is 2.32. The first-order valence-electron chi connectivity index (χ1n) is 9.58. The zero-order chi connectivity index (χ0) is 20.6. The third-order valence-corrected chi connectivity index (χ3v) is 5.08. The Balaban J connectivity index is 1.49. The average Bonchev–Trinajstić information content (AvgIpc) is 3.19. The predicted octanol–water partition coefficient (Wildman–Crippen LogP) is 3.00. The predicted molar refractivity (Wildman–Crippen MR) is 111 cm³/mol. The van der Waals surface area contributed by atoms with Crippen molar-refractivity contribution in [1.29, 1.82) is 0 Å². The minimum Gasteiger partial charge on any atom is -0.476 e. The summed E-state index contributed by atoms with van der Waals surface area (Å²) < 4.78 is 13.5. The van der Waals surface area contributed by atoms with Crippen LogP contribution in [0.3, 0.4) is 0 Å².